The van der Waals surface area contributed by atoms with Gasteiger partial charge in [0.2, 0.25) is 11.8 Å². The predicted molar refractivity (Wildman–Crippen MR) is 126 cm³/mol. The van der Waals surface area contributed by atoms with E-state index in [0.717, 1.165) is 11.3 Å². The molecule has 11 heteroatoms. The van der Waals surface area contributed by atoms with Crippen molar-refractivity contribution in [3.8, 4) is 17.2 Å². The van der Waals surface area contributed by atoms with Crippen molar-refractivity contribution < 1.29 is 33.4 Å². The van der Waals surface area contributed by atoms with Crippen LogP contribution >= 0.6 is 0 Å². The summed E-state index contributed by atoms with van der Waals surface area (Å²) >= 11 is 0. The first-order valence-electron chi connectivity index (χ1n) is 11.0. The zero-order chi connectivity index (χ0) is 25.2. The Morgan fingerprint density at radius 2 is 1.83 bits per heavy atom. The van der Waals surface area contributed by atoms with Gasteiger partial charge >= 0.3 is 6.03 Å². The van der Waals surface area contributed by atoms with Gasteiger partial charge in [0, 0.05) is 19.0 Å². The number of ether oxygens (including phenoxy) is 3. The molecule has 0 aromatic heterocycles. The van der Waals surface area contributed by atoms with E-state index < -0.39 is 29.9 Å². The Morgan fingerprint density at radius 1 is 1.09 bits per heavy atom. The lowest BCUT2D eigenvalue weighted by atomic mass is 9.91. The van der Waals surface area contributed by atoms with Gasteiger partial charge in [-0.1, -0.05) is 6.07 Å². The van der Waals surface area contributed by atoms with E-state index in [1.807, 2.05) is 0 Å². The van der Waals surface area contributed by atoms with Gasteiger partial charge in [0.25, 0.3) is 5.91 Å². The fourth-order valence-electron chi connectivity index (χ4n) is 3.93. The van der Waals surface area contributed by atoms with Crippen LogP contribution in [0.25, 0.3) is 0 Å². The number of anilines is 2. The molecule has 0 aliphatic carbocycles. The first kappa shape index (κ1) is 23.9. The van der Waals surface area contributed by atoms with Gasteiger partial charge in [0.1, 0.15) is 17.8 Å². The largest absolute Gasteiger partial charge is 0.495 e. The number of methoxy groups -OCH3 is 1. The SMILES string of the molecule is COc1ccc(NC(C)=O)cc1NC(=O)CN1C(=O)N[C@@](C)(c2ccc3c(c2)OCCCO3)C1=O. The lowest BCUT2D eigenvalue weighted by Crippen LogP contribution is -2.42. The summed E-state index contributed by atoms with van der Waals surface area (Å²) in [6.45, 7) is 3.43. The molecule has 35 heavy (non-hydrogen) atoms. The Bertz CT molecular complexity index is 1200. The molecule has 1 saturated heterocycles. The molecular formula is C24H26N4O7. The third-order valence-electron chi connectivity index (χ3n) is 5.70. The van der Waals surface area contributed by atoms with Crippen LogP contribution in [0.5, 0.6) is 17.2 Å². The minimum absolute atomic E-state index is 0.277. The third kappa shape index (κ3) is 4.84. The van der Waals surface area contributed by atoms with E-state index >= 15 is 0 Å². The summed E-state index contributed by atoms with van der Waals surface area (Å²) in [4.78, 5) is 50.9. The van der Waals surface area contributed by atoms with Gasteiger partial charge in [-0.2, -0.15) is 0 Å². The number of carbonyl (C=O) groups is 4. The fraction of sp³-hybridized carbons (Fsp3) is 0.333. The molecule has 0 saturated carbocycles. The summed E-state index contributed by atoms with van der Waals surface area (Å²) in [6, 6.07) is 9.08. The number of amides is 5. The van der Waals surface area contributed by atoms with Crippen molar-refractivity contribution in [2.24, 2.45) is 0 Å². The molecule has 11 nitrogen and oxygen atoms in total. The molecule has 2 aromatic carbocycles. The Labute approximate surface area is 201 Å². The third-order valence-corrected chi connectivity index (χ3v) is 5.70. The van der Waals surface area contributed by atoms with Crippen molar-refractivity contribution in [1.29, 1.82) is 0 Å². The number of carbonyl (C=O) groups excluding carboxylic acids is 4. The van der Waals surface area contributed by atoms with Crippen LogP contribution in [0.1, 0.15) is 25.8 Å². The second-order valence-electron chi connectivity index (χ2n) is 8.30. The van der Waals surface area contributed by atoms with E-state index in [2.05, 4.69) is 16.0 Å². The number of fused-ring (bicyclic) bond motifs is 1. The Hall–Kier alpha value is -4.28. The van der Waals surface area contributed by atoms with Gasteiger partial charge in [-0.25, -0.2) is 4.79 Å². The lowest BCUT2D eigenvalue weighted by Gasteiger charge is -2.23. The standard InChI is InChI=1S/C24H26N4O7/c1-14(29)25-16-6-8-18(33-3)17(12-16)26-21(30)13-28-22(31)24(2,27-23(28)32)15-5-7-19-20(11-15)35-10-4-9-34-19/h5-8,11-12H,4,9-10,13H2,1-3H3,(H,25,29)(H,26,30)(H,27,32)/t24-/m0/s1. The fourth-order valence-corrected chi connectivity index (χ4v) is 3.93. The number of hydrogen-bond donors (Lipinski definition) is 3. The van der Waals surface area contributed by atoms with Crippen molar-refractivity contribution in [2.75, 3.05) is 37.5 Å². The number of benzene rings is 2. The average molecular weight is 482 g/mol. The summed E-state index contributed by atoms with van der Waals surface area (Å²) in [5.41, 5.74) is -0.148. The molecule has 5 amide bonds. The quantitative estimate of drug-likeness (QED) is 0.537. The highest BCUT2D eigenvalue weighted by Gasteiger charge is 2.49. The van der Waals surface area contributed by atoms with E-state index in [-0.39, 0.29) is 11.6 Å². The second kappa shape index (κ2) is 9.53. The minimum atomic E-state index is -1.38. The molecule has 0 bridgehead atoms. The predicted octanol–water partition coefficient (Wildman–Crippen LogP) is 2.22. The summed E-state index contributed by atoms with van der Waals surface area (Å²) in [5.74, 6) is -0.0628. The molecule has 1 fully saturated rings. The highest BCUT2D eigenvalue weighted by atomic mass is 16.5. The lowest BCUT2D eigenvalue weighted by molar-refractivity contribution is -0.133. The molecule has 0 unspecified atom stereocenters. The highest BCUT2D eigenvalue weighted by Crippen LogP contribution is 2.36. The van der Waals surface area contributed by atoms with Crippen LogP contribution in [-0.2, 0) is 19.9 Å². The van der Waals surface area contributed by atoms with Crippen molar-refractivity contribution in [3.05, 3.63) is 42.0 Å². The van der Waals surface area contributed by atoms with Crippen LogP contribution in [0.2, 0.25) is 0 Å². The minimum Gasteiger partial charge on any atom is -0.495 e. The number of nitrogens with zero attached hydrogens (tertiary/aromatic N) is 1. The maximum atomic E-state index is 13.3. The van der Waals surface area contributed by atoms with E-state index in [1.54, 1.807) is 37.3 Å². The number of urea groups is 1. The summed E-state index contributed by atoms with van der Waals surface area (Å²) in [7, 11) is 1.43. The summed E-state index contributed by atoms with van der Waals surface area (Å²) in [6.07, 6.45) is 0.734. The molecule has 3 N–H and O–H groups in total. The summed E-state index contributed by atoms with van der Waals surface area (Å²) in [5, 5.41) is 7.93. The molecule has 4 rings (SSSR count). The van der Waals surface area contributed by atoms with E-state index in [0.29, 0.717) is 41.7 Å². The van der Waals surface area contributed by atoms with Crippen LogP contribution in [0.3, 0.4) is 0 Å². The van der Waals surface area contributed by atoms with Gasteiger partial charge in [-0.3, -0.25) is 19.3 Å². The summed E-state index contributed by atoms with van der Waals surface area (Å²) < 4.78 is 16.6. The van der Waals surface area contributed by atoms with Gasteiger partial charge < -0.3 is 30.2 Å². The van der Waals surface area contributed by atoms with Crippen molar-refractivity contribution in [3.63, 3.8) is 0 Å². The zero-order valence-corrected chi connectivity index (χ0v) is 19.6. The molecule has 2 aromatic rings. The van der Waals surface area contributed by atoms with Crippen LogP contribution in [0, 0.1) is 0 Å². The average Bonchev–Trinajstić information content (AvgIpc) is 2.97. The van der Waals surface area contributed by atoms with Crippen LogP contribution in [0.15, 0.2) is 36.4 Å². The monoisotopic (exact) mass is 482 g/mol. The molecule has 2 aliphatic rings. The maximum Gasteiger partial charge on any atom is 0.325 e. The molecule has 0 radical (unpaired) electrons. The van der Waals surface area contributed by atoms with E-state index in [4.69, 9.17) is 14.2 Å². The Kier molecular flexibility index (Phi) is 6.50. The van der Waals surface area contributed by atoms with E-state index in [9.17, 15) is 19.2 Å². The number of rotatable bonds is 6. The first-order valence-corrected chi connectivity index (χ1v) is 11.0. The number of imide groups is 1. The molecule has 2 heterocycles. The number of hydrogen-bond acceptors (Lipinski definition) is 7. The van der Waals surface area contributed by atoms with Crippen molar-refractivity contribution in [2.45, 2.75) is 25.8 Å². The maximum absolute atomic E-state index is 13.3. The van der Waals surface area contributed by atoms with Gasteiger partial charge in [0.15, 0.2) is 11.5 Å². The second-order valence-corrected chi connectivity index (χ2v) is 8.30. The van der Waals surface area contributed by atoms with Crippen LogP contribution in [0.4, 0.5) is 16.2 Å². The number of nitrogens with one attached hydrogen (secondary N) is 3. The molecule has 184 valence electrons. The molecule has 2 aliphatic heterocycles. The topological polar surface area (TPSA) is 135 Å². The molecular weight excluding hydrogens is 456 g/mol. The Morgan fingerprint density at radius 3 is 2.54 bits per heavy atom. The van der Waals surface area contributed by atoms with Crippen molar-refractivity contribution >= 4 is 35.1 Å². The van der Waals surface area contributed by atoms with Gasteiger partial charge in [0.05, 0.1) is 26.0 Å². The molecule has 0 spiro atoms. The Balaban J connectivity index is 1.51. The highest BCUT2D eigenvalue weighted by molar-refractivity contribution is 6.10. The van der Waals surface area contributed by atoms with Gasteiger partial charge in [-0.15, -0.1) is 0 Å². The normalized spacial score (nSPS) is 19.0. The van der Waals surface area contributed by atoms with Crippen LogP contribution in [-0.4, -0.2) is 55.5 Å². The zero-order valence-electron chi connectivity index (χ0n) is 19.6. The van der Waals surface area contributed by atoms with E-state index in [1.165, 1.54) is 20.1 Å². The smallest absolute Gasteiger partial charge is 0.325 e. The molecule has 1 atom stereocenters. The van der Waals surface area contributed by atoms with Crippen molar-refractivity contribution in [1.82, 2.24) is 10.2 Å². The first-order chi connectivity index (χ1) is 16.7. The van der Waals surface area contributed by atoms with Gasteiger partial charge in [-0.05, 0) is 42.8 Å². The van der Waals surface area contributed by atoms with Crippen LogP contribution < -0.4 is 30.2 Å².